The van der Waals surface area contributed by atoms with E-state index in [4.69, 9.17) is 11.6 Å². The maximum atomic E-state index is 13.1. The number of rotatable bonds is 3. The molecule has 0 aliphatic carbocycles. The van der Waals surface area contributed by atoms with E-state index in [1.165, 1.54) is 6.07 Å². The van der Waals surface area contributed by atoms with Crippen molar-refractivity contribution >= 4 is 30.0 Å². The molecule has 0 unspecified atom stereocenters. The van der Waals surface area contributed by atoms with Gasteiger partial charge in [-0.1, -0.05) is 54.1 Å². The molecule has 0 aromatic heterocycles. The molecule has 0 N–H and O–H groups in total. The van der Waals surface area contributed by atoms with Gasteiger partial charge in [-0.2, -0.15) is 0 Å². The van der Waals surface area contributed by atoms with E-state index in [0.29, 0.717) is 0 Å². The number of halogens is 2. The van der Waals surface area contributed by atoms with Gasteiger partial charge in [0.05, 0.1) is 10.6 Å². The zero-order valence-corrected chi connectivity index (χ0v) is 13.7. The summed E-state index contributed by atoms with van der Waals surface area (Å²) in [7, 11) is 0. The molecule has 22 heavy (non-hydrogen) atoms. The van der Waals surface area contributed by atoms with Gasteiger partial charge >= 0.3 is 0 Å². The van der Waals surface area contributed by atoms with E-state index in [-0.39, 0.29) is 10.6 Å². The first-order chi connectivity index (χ1) is 10.3. The molecule has 0 saturated carbocycles. The Labute approximate surface area is 136 Å². The Bertz CT molecular complexity index is 694. The van der Waals surface area contributed by atoms with Gasteiger partial charge in [-0.3, -0.25) is 4.99 Å². The summed E-state index contributed by atoms with van der Waals surface area (Å²) >= 11 is 5.76. The summed E-state index contributed by atoms with van der Waals surface area (Å²) in [5.74, 6) is -0.402. The van der Waals surface area contributed by atoms with Crippen LogP contribution in [0.25, 0.3) is 12.2 Å². The largest absolute Gasteiger partial charge is 0.287 e. The van der Waals surface area contributed by atoms with Crippen molar-refractivity contribution in [2.75, 3.05) is 0 Å². The van der Waals surface area contributed by atoms with Crippen LogP contribution in [-0.2, 0) is 0 Å². The van der Waals surface area contributed by atoms with Gasteiger partial charge in [-0.25, -0.2) is 4.39 Å². The van der Waals surface area contributed by atoms with Gasteiger partial charge in [-0.15, -0.1) is 0 Å². The van der Waals surface area contributed by atoms with E-state index < -0.39 is 5.82 Å². The van der Waals surface area contributed by atoms with E-state index in [1.807, 2.05) is 42.6 Å². The lowest BCUT2D eigenvalue weighted by Gasteiger charge is -2.10. The lowest BCUT2D eigenvalue weighted by atomic mass is 10.1. The first-order valence-corrected chi connectivity index (χ1v) is 7.50. The summed E-state index contributed by atoms with van der Waals surface area (Å²) in [6.45, 7) is 6.19. The van der Waals surface area contributed by atoms with E-state index >= 15 is 0 Å². The van der Waals surface area contributed by atoms with Gasteiger partial charge in [0, 0.05) is 6.21 Å². The van der Waals surface area contributed by atoms with Crippen LogP contribution in [0, 0.1) is 5.82 Å². The van der Waals surface area contributed by atoms with Crippen molar-refractivity contribution in [2.45, 2.75) is 26.3 Å². The zero-order valence-electron chi connectivity index (χ0n) is 13.0. The van der Waals surface area contributed by atoms with Crippen LogP contribution in [0.4, 0.5) is 4.39 Å². The molecule has 1 nitrogen and oxygen atoms in total. The Balaban J connectivity index is 2.09. The molecule has 0 spiro atoms. The van der Waals surface area contributed by atoms with E-state index in [0.717, 1.165) is 16.7 Å². The molecule has 3 heteroatoms. The second-order valence-corrected chi connectivity index (χ2v) is 6.51. The average molecular weight is 316 g/mol. The van der Waals surface area contributed by atoms with E-state index in [1.54, 1.807) is 12.1 Å². The Kier molecular flexibility index (Phi) is 5.15. The van der Waals surface area contributed by atoms with E-state index in [2.05, 4.69) is 25.8 Å². The Morgan fingerprint density at radius 3 is 2.05 bits per heavy atom. The van der Waals surface area contributed by atoms with Crippen molar-refractivity contribution < 1.29 is 4.39 Å². The van der Waals surface area contributed by atoms with Crippen molar-refractivity contribution in [1.29, 1.82) is 0 Å². The third kappa shape index (κ3) is 5.12. The van der Waals surface area contributed by atoms with Crippen molar-refractivity contribution in [1.82, 2.24) is 0 Å². The smallest absolute Gasteiger partial charge is 0.141 e. The number of hydrogen-bond donors (Lipinski definition) is 0. The second-order valence-electron chi connectivity index (χ2n) is 6.10. The molecule has 0 aliphatic heterocycles. The molecular formula is C19H19ClFN. The summed E-state index contributed by atoms with van der Waals surface area (Å²) < 4.78 is 13.1. The minimum absolute atomic E-state index is 0.0690. The SMILES string of the molecule is CC(C)(C)N=Cc1ccc(/C=C/c2ccc(F)c(Cl)c2)cc1. The molecule has 0 aliphatic rings. The minimum atomic E-state index is -0.402. The summed E-state index contributed by atoms with van der Waals surface area (Å²) in [5.41, 5.74) is 2.93. The van der Waals surface area contributed by atoms with Crippen LogP contribution in [0.2, 0.25) is 5.02 Å². The van der Waals surface area contributed by atoms with Crippen LogP contribution in [0.15, 0.2) is 47.5 Å². The van der Waals surface area contributed by atoms with Gasteiger partial charge in [0.1, 0.15) is 5.82 Å². The van der Waals surface area contributed by atoms with Crippen LogP contribution in [0.1, 0.15) is 37.5 Å². The molecule has 0 bridgehead atoms. The maximum Gasteiger partial charge on any atom is 0.141 e. The summed E-state index contributed by atoms with van der Waals surface area (Å²) in [6, 6.07) is 12.8. The predicted molar refractivity (Wildman–Crippen MR) is 94.1 cm³/mol. The third-order valence-corrected chi connectivity index (χ3v) is 3.24. The maximum absolute atomic E-state index is 13.1. The molecule has 0 radical (unpaired) electrons. The van der Waals surface area contributed by atoms with Crippen molar-refractivity contribution in [3.63, 3.8) is 0 Å². The molecule has 2 aromatic carbocycles. The first kappa shape index (κ1) is 16.4. The topological polar surface area (TPSA) is 12.4 Å². The second kappa shape index (κ2) is 6.89. The van der Waals surface area contributed by atoms with Gasteiger partial charge in [0.15, 0.2) is 0 Å². The van der Waals surface area contributed by atoms with Crippen LogP contribution in [0.5, 0.6) is 0 Å². The number of nitrogens with zero attached hydrogens (tertiary/aromatic N) is 1. The van der Waals surface area contributed by atoms with Crippen LogP contribution >= 0.6 is 11.6 Å². The summed E-state index contributed by atoms with van der Waals surface area (Å²) in [4.78, 5) is 4.47. The van der Waals surface area contributed by atoms with Crippen molar-refractivity contribution in [2.24, 2.45) is 4.99 Å². The highest BCUT2D eigenvalue weighted by Crippen LogP contribution is 2.18. The highest BCUT2D eigenvalue weighted by Gasteiger charge is 2.04. The predicted octanol–water partition coefficient (Wildman–Crippen LogP) is 5.87. The zero-order chi connectivity index (χ0) is 16.2. The van der Waals surface area contributed by atoms with Gasteiger partial charge in [0.25, 0.3) is 0 Å². The first-order valence-electron chi connectivity index (χ1n) is 7.12. The standard InChI is InChI=1S/C19H19ClFN/c1-19(2,3)22-13-16-8-5-14(6-9-16)4-7-15-10-11-18(21)17(20)12-15/h4-13H,1-3H3/b7-4+,22-13?. The Hall–Kier alpha value is -1.93. The molecule has 2 rings (SSSR count). The van der Waals surface area contributed by atoms with Crippen LogP contribution in [-0.4, -0.2) is 11.8 Å². The van der Waals surface area contributed by atoms with Crippen LogP contribution < -0.4 is 0 Å². The fourth-order valence-corrected chi connectivity index (χ4v) is 1.96. The third-order valence-electron chi connectivity index (χ3n) is 2.95. The van der Waals surface area contributed by atoms with Gasteiger partial charge in [-0.05, 0) is 49.6 Å². The summed E-state index contributed by atoms with van der Waals surface area (Å²) in [5, 5.41) is 0.135. The van der Waals surface area contributed by atoms with Crippen molar-refractivity contribution in [3.8, 4) is 0 Å². The molecule has 0 saturated heterocycles. The summed E-state index contributed by atoms with van der Waals surface area (Å²) in [6.07, 6.45) is 5.76. The molecular weight excluding hydrogens is 297 g/mol. The normalized spacial score (nSPS) is 12.4. The monoisotopic (exact) mass is 315 g/mol. The fraction of sp³-hybridized carbons (Fsp3) is 0.211. The number of benzene rings is 2. The van der Waals surface area contributed by atoms with Crippen LogP contribution in [0.3, 0.4) is 0 Å². The van der Waals surface area contributed by atoms with Gasteiger partial charge in [0.2, 0.25) is 0 Å². The lowest BCUT2D eigenvalue weighted by Crippen LogP contribution is -2.09. The quantitative estimate of drug-likeness (QED) is 0.496. The molecule has 0 atom stereocenters. The fourth-order valence-electron chi connectivity index (χ4n) is 1.77. The average Bonchev–Trinajstić information content (AvgIpc) is 2.47. The minimum Gasteiger partial charge on any atom is -0.287 e. The number of aliphatic imine (C=N–C) groups is 1. The highest BCUT2D eigenvalue weighted by molar-refractivity contribution is 6.30. The molecule has 0 heterocycles. The Morgan fingerprint density at radius 1 is 0.909 bits per heavy atom. The molecule has 0 amide bonds. The number of hydrogen-bond acceptors (Lipinski definition) is 1. The van der Waals surface area contributed by atoms with E-state index in [9.17, 15) is 4.39 Å². The molecule has 2 aromatic rings. The molecule has 0 fully saturated rings. The lowest BCUT2D eigenvalue weighted by molar-refractivity contribution is 0.586. The molecule has 114 valence electrons. The Morgan fingerprint density at radius 2 is 1.45 bits per heavy atom. The van der Waals surface area contributed by atoms with Crippen molar-refractivity contribution in [3.05, 3.63) is 70.0 Å². The van der Waals surface area contributed by atoms with Gasteiger partial charge < -0.3 is 0 Å². The highest BCUT2D eigenvalue weighted by atomic mass is 35.5.